The molecule has 1 saturated heterocycles. The molecule has 5 nitrogen and oxygen atoms in total. The van der Waals surface area contributed by atoms with Crippen molar-refractivity contribution in [2.45, 2.75) is 44.7 Å². The minimum Gasteiger partial charge on any atom is -0.373 e. The molecule has 0 saturated carbocycles. The van der Waals surface area contributed by atoms with Gasteiger partial charge in [-0.2, -0.15) is 10.5 Å². The van der Waals surface area contributed by atoms with Crippen LogP contribution in [-0.4, -0.2) is 31.1 Å². The lowest BCUT2D eigenvalue weighted by Crippen LogP contribution is -2.39. The molecular weight excluding hydrogens is 329 g/mol. The van der Waals surface area contributed by atoms with Gasteiger partial charge in [0.1, 0.15) is 23.8 Å². The van der Waals surface area contributed by atoms with E-state index in [1.54, 1.807) is 7.05 Å². The summed E-state index contributed by atoms with van der Waals surface area (Å²) in [4.78, 5) is 2.49. The molecule has 2 N–H and O–H groups in total. The van der Waals surface area contributed by atoms with Crippen LogP contribution < -0.4 is 10.6 Å². The van der Waals surface area contributed by atoms with Crippen LogP contribution in [0.25, 0.3) is 0 Å². The van der Waals surface area contributed by atoms with Crippen LogP contribution in [0.4, 0.5) is 4.39 Å². The van der Waals surface area contributed by atoms with Crippen LogP contribution in [0.2, 0.25) is 0 Å². The van der Waals surface area contributed by atoms with Gasteiger partial charge in [0.2, 0.25) is 0 Å². The van der Waals surface area contributed by atoms with E-state index in [9.17, 15) is 4.39 Å². The number of nitrogens with one attached hydrogen (secondary N) is 2. The third-order valence-corrected chi connectivity index (χ3v) is 4.79. The molecule has 0 radical (unpaired) electrons. The second-order valence-electron chi connectivity index (χ2n) is 6.54. The molecular formula is C20H26FN5. The molecule has 0 bridgehead atoms. The van der Waals surface area contributed by atoms with Gasteiger partial charge in [-0.1, -0.05) is 18.6 Å². The summed E-state index contributed by atoms with van der Waals surface area (Å²) in [6.07, 6.45) is 5.64. The first-order valence-corrected chi connectivity index (χ1v) is 9.12. The van der Waals surface area contributed by atoms with Gasteiger partial charge in [-0.25, -0.2) is 4.39 Å². The Morgan fingerprint density at radius 2 is 1.96 bits per heavy atom. The molecule has 1 aliphatic heterocycles. The number of benzene rings is 1. The van der Waals surface area contributed by atoms with E-state index in [-0.39, 0.29) is 11.4 Å². The Morgan fingerprint density at radius 3 is 2.62 bits per heavy atom. The third-order valence-electron chi connectivity index (χ3n) is 4.79. The van der Waals surface area contributed by atoms with Crippen LogP contribution in [-0.2, 0) is 6.54 Å². The van der Waals surface area contributed by atoms with Gasteiger partial charge >= 0.3 is 0 Å². The zero-order chi connectivity index (χ0) is 18.8. The summed E-state index contributed by atoms with van der Waals surface area (Å²) in [5.41, 5.74) is 1.22. The van der Waals surface area contributed by atoms with Gasteiger partial charge in [0.05, 0.1) is 0 Å². The maximum absolute atomic E-state index is 13.1. The molecule has 138 valence electrons. The maximum atomic E-state index is 13.1. The average Bonchev–Trinajstić information content (AvgIpc) is 2.67. The number of nitriles is 2. The summed E-state index contributed by atoms with van der Waals surface area (Å²) < 4.78 is 13.1. The van der Waals surface area contributed by atoms with Gasteiger partial charge in [-0.05, 0) is 49.9 Å². The van der Waals surface area contributed by atoms with E-state index < -0.39 is 0 Å². The normalized spacial score (nSPS) is 17.0. The second kappa shape index (κ2) is 10.4. The van der Waals surface area contributed by atoms with Crippen LogP contribution in [0.5, 0.6) is 0 Å². The SMILES string of the molecule is CNC(NCCCC1CCCCN1Cc1ccc(F)cc1)=C(C#N)C#N. The molecule has 2 rings (SSSR count). The lowest BCUT2D eigenvalue weighted by Gasteiger charge is -2.36. The van der Waals surface area contributed by atoms with E-state index >= 15 is 0 Å². The fourth-order valence-corrected chi connectivity index (χ4v) is 3.41. The Kier molecular flexibility index (Phi) is 7.92. The molecule has 0 amide bonds. The quantitative estimate of drug-likeness (QED) is 0.554. The number of hydrogen-bond donors (Lipinski definition) is 2. The zero-order valence-corrected chi connectivity index (χ0v) is 15.3. The Balaban J connectivity index is 1.84. The predicted octanol–water partition coefficient (Wildman–Crippen LogP) is 3.03. The summed E-state index contributed by atoms with van der Waals surface area (Å²) in [6, 6.07) is 11.1. The van der Waals surface area contributed by atoms with Crippen molar-refractivity contribution >= 4 is 0 Å². The van der Waals surface area contributed by atoms with E-state index in [1.165, 1.54) is 31.4 Å². The zero-order valence-electron chi connectivity index (χ0n) is 15.3. The van der Waals surface area contributed by atoms with Crippen molar-refractivity contribution in [3.05, 3.63) is 47.0 Å². The number of nitrogens with zero attached hydrogens (tertiary/aromatic N) is 3. The van der Waals surface area contributed by atoms with Crippen molar-refractivity contribution in [1.29, 1.82) is 10.5 Å². The van der Waals surface area contributed by atoms with Crippen LogP contribution in [0.1, 0.15) is 37.7 Å². The maximum Gasteiger partial charge on any atom is 0.169 e. The number of piperidine rings is 1. The van der Waals surface area contributed by atoms with Crippen molar-refractivity contribution in [2.24, 2.45) is 0 Å². The van der Waals surface area contributed by atoms with Gasteiger partial charge in [0.15, 0.2) is 5.57 Å². The van der Waals surface area contributed by atoms with Crippen LogP contribution in [0.3, 0.4) is 0 Å². The molecule has 26 heavy (non-hydrogen) atoms. The first-order chi connectivity index (χ1) is 12.7. The monoisotopic (exact) mass is 355 g/mol. The highest BCUT2D eigenvalue weighted by atomic mass is 19.1. The Labute approximate surface area is 155 Å². The highest BCUT2D eigenvalue weighted by Crippen LogP contribution is 2.23. The van der Waals surface area contributed by atoms with E-state index in [4.69, 9.17) is 10.5 Å². The number of hydrogen-bond acceptors (Lipinski definition) is 5. The number of allylic oxidation sites excluding steroid dienone is 1. The Hall–Kier alpha value is -2.57. The smallest absolute Gasteiger partial charge is 0.169 e. The average molecular weight is 355 g/mol. The number of halogens is 1. The van der Waals surface area contributed by atoms with Crippen molar-refractivity contribution in [3.63, 3.8) is 0 Å². The molecule has 0 aliphatic carbocycles. The molecule has 1 aromatic rings. The standard InChI is InChI=1S/C20H26FN5/c1-24-20(17(13-22)14-23)25-11-4-6-19-5-2-3-12-26(19)15-16-7-9-18(21)10-8-16/h7-10,19,24-25H,2-6,11-12,15H2,1H3. The van der Waals surface area contributed by atoms with Crippen LogP contribution in [0.15, 0.2) is 35.7 Å². The molecule has 1 atom stereocenters. The molecule has 0 spiro atoms. The molecule has 1 aromatic carbocycles. The van der Waals surface area contributed by atoms with Crippen molar-refractivity contribution < 1.29 is 4.39 Å². The largest absolute Gasteiger partial charge is 0.373 e. The second-order valence-corrected chi connectivity index (χ2v) is 6.54. The fraction of sp³-hybridized carbons (Fsp3) is 0.500. The highest BCUT2D eigenvalue weighted by Gasteiger charge is 2.22. The van der Waals surface area contributed by atoms with Gasteiger partial charge in [-0.15, -0.1) is 0 Å². The van der Waals surface area contributed by atoms with Gasteiger partial charge in [-0.3, -0.25) is 4.90 Å². The minimum atomic E-state index is -0.197. The number of likely N-dealkylation sites (tertiary alicyclic amines) is 1. The van der Waals surface area contributed by atoms with Crippen molar-refractivity contribution in [3.8, 4) is 12.1 Å². The van der Waals surface area contributed by atoms with Crippen molar-refractivity contribution in [1.82, 2.24) is 15.5 Å². The summed E-state index contributed by atoms with van der Waals surface area (Å²) >= 11 is 0. The summed E-state index contributed by atoms with van der Waals surface area (Å²) in [5.74, 6) is 0.291. The Bertz CT molecular complexity index is 668. The highest BCUT2D eigenvalue weighted by molar-refractivity contribution is 5.38. The van der Waals surface area contributed by atoms with Crippen molar-refractivity contribution in [2.75, 3.05) is 20.1 Å². The molecule has 6 heteroatoms. The fourth-order valence-electron chi connectivity index (χ4n) is 3.41. The third kappa shape index (κ3) is 5.75. The number of rotatable bonds is 8. The molecule has 0 aromatic heterocycles. The van der Waals surface area contributed by atoms with Gasteiger partial charge in [0.25, 0.3) is 0 Å². The molecule has 1 heterocycles. The minimum absolute atomic E-state index is 0.0723. The molecule has 1 aliphatic rings. The van der Waals surface area contributed by atoms with E-state index in [2.05, 4.69) is 15.5 Å². The molecule has 1 fully saturated rings. The topological polar surface area (TPSA) is 74.9 Å². The summed E-state index contributed by atoms with van der Waals surface area (Å²) in [7, 11) is 1.70. The first kappa shape index (κ1) is 19.8. The first-order valence-electron chi connectivity index (χ1n) is 9.12. The van der Waals surface area contributed by atoms with Crippen LogP contribution >= 0.6 is 0 Å². The van der Waals surface area contributed by atoms with Gasteiger partial charge < -0.3 is 10.6 Å². The van der Waals surface area contributed by atoms with Crippen LogP contribution in [0, 0.1) is 28.5 Å². The lowest BCUT2D eigenvalue weighted by atomic mass is 9.97. The Morgan fingerprint density at radius 1 is 1.23 bits per heavy atom. The lowest BCUT2D eigenvalue weighted by molar-refractivity contribution is 0.130. The van der Waals surface area contributed by atoms with E-state index in [0.29, 0.717) is 18.4 Å². The van der Waals surface area contributed by atoms with E-state index in [1.807, 2.05) is 24.3 Å². The van der Waals surface area contributed by atoms with E-state index in [0.717, 1.165) is 31.5 Å². The predicted molar refractivity (Wildman–Crippen MR) is 99.0 cm³/mol. The summed E-state index contributed by atoms with van der Waals surface area (Å²) in [5, 5.41) is 23.9. The summed E-state index contributed by atoms with van der Waals surface area (Å²) in [6.45, 7) is 2.64. The molecule has 1 unspecified atom stereocenters. The van der Waals surface area contributed by atoms with Gasteiger partial charge in [0, 0.05) is 26.2 Å².